The van der Waals surface area contributed by atoms with E-state index < -0.39 is 10.0 Å². The number of anilines is 2. The van der Waals surface area contributed by atoms with E-state index in [2.05, 4.69) is 20.0 Å². The summed E-state index contributed by atoms with van der Waals surface area (Å²) in [6.07, 6.45) is 5.54. The normalized spacial score (nSPS) is 14.5. The highest BCUT2D eigenvalue weighted by molar-refractivity contribution is 7.88. The molecule has 7 nitrogen and oxygen atoms in total. The Morgan fingerprint density at radius 2 is 1.77 bits per heavy atom. The quantitative estimate of drug-likeness (QED) is 0.546. The Kier molecular flexibility index (Phi) is 6.48. The van der Waals surface area contributed by atoms with E-state index in [4.69, 9.17) is 4.74 Å². The van der Waals surface area contributed by atoms with E-state index in [1.165, 1.54) is 6.33 Å². The summed E-state index contributed by atoms with van der Waals surface area (Å²) < 4.78 is 33.0. The SMILES string of the molecule is COc1ccccc1-c1cc(Nc2ccc(CS(=O)(=O)NC3CCCC3)cc2)ncn1. The van der Waals surface area contributed by atoms with E-state index in [1.807, 2.05) is 54.6 Å². The van der Waals surface area contributed by atoms with Crippen LogP contribution in [0.15, 0.2) is 60.9 Å². The molecule has 1 aliphatic carbocycles. The van der Waals surface area contributed by atoms with E-state index in [1.54, 1.807) is 7.11 Å². The maximum absolute atomic E-state index is 12.4. The summed E-state index contributed by atoms with van der Waals surface area (Å²) in [5.74, 6) is 1.36. The van der Waals surface area contributed by atoms with Crippen LogP contribution in [0.2, 0.25) is 0 Å². The second-order valence-corrected chi connectivity index (χ2v) is 9.42. The van der Waals surface area contributed by atoms with Crippen molar-refractivity contribution in [2.75, 3.05) is 12.4 Å². The van der Waals surface area contributed by atoms with Crippen LogP contribution >= 0.6 is 0 Å². The lowest BCUT2D eigenvalue weighted by Gasteiger charge is -2.13. The smallest absolute Gasteiger partial charge is 0.216 e. The van der Waals surface area contributed by atoms with Crippen molar-refractivity contribution in [3.63, 3.8) is 0 Å². The van der Waals surface area contributed by atoms with Gasteiger partial charge in [0.1, 0.15) is 17.9 Å². The molecule has 1 saturated carbocycles. The third kappa shape index (κ3) is 5.59. The monoisotopic (exact) mass is 438 g/mol. The zero-order valence-electron chi connectivity index (χ0n) is 17.4. The number of hydrogen-bond donors (Lipinski definition) is 2. The highest BCUT2D eigenvalue weighted by atomic mass is 32.2. The highest BCUT2D eigenvalue weighted by Gasteiger charge is 2.21. The van der Waals surface area contributed by atoms with E-state index in [9.17, 15) is 8.42 Å². The third-order valence-electron chi connectivity index (χ3n) is 5.33. The van der Waals surface area contributed by atoms with Gasteiger partial charge in [0.15, 0.2) is 0 Å². The number of methoxy groups -OCH3 is 1. The van der Waals surface area contributed by atoms with Crippen LogP contribution in [0.25, 0.3) is 11.3 Å². The summed E-state index contributed by atoms with van der Waals surface area (Å²) in [7, 11) is -1.71. The average molecular weight is 439 g/mol. The van der Waals surface area contributed by atoms with Gasteiger partial charge in [-0.05, 0) is 42.7 Å². The Hall–Kier alpha value is -2.97. The second kappa shape index (κ2) is 9.45. The van der Waals surface area contributed by atoms with Crippen molar-refractivity contribution < 1.29 is 13.2 Å². The van der Waals surface area contributed by atoms with Gasteiger partial charge in [-0.25, -0.2) is 23.1 Å². The third-order valence-corrected chi connectivity index (χ3v) is 6.74. The molecule has 0 atom stereocenters. The molecular weight excluding hydrogens is 412 g/mol. The molecule has 0 amide bonds. The van der Waals surface area contributed by atoms with Gasteiger partial charge >= 0.3 is 0 Å². The fourth-order valence-corrected chi connectivity index (χ4v) is 5.28. The average Bonchev–Trinajstić information content (AvgIpc) is 3.27. The molecule has 8 heteroatoms. The van der Waals surface area contributed by atoms with Gasteiger partial charge in [-0.2, -0.15) is 0 Å². The Balaban J connectivity index is 1.43. The number of aromatic nitrogens is 2. The summed E-state index contributed by atoms with van der Waals surface area (Å²) in [4.78, 5) is 8.64. The van der Waals surface area contributed by atoms with E-state index >= 15 is 0 Å². The number of sulfonamides is 1. The summed E-state index contributed by atoms with van der Waals surface area (Å²) in [5.41, 5.74) is 3.18. The van der Waals surface area contributed by atoms with E-state index in [0.29, 0.717) is 5.82 Å². The minimum absolute atomic E-state index is 0.0186. The van der Waals surface area contributed by atoms with Crippen LogP contribution in [0.3, 0.4) is 0 Å². The lowest BCUT2D eigenvalue weighted by molar-refractivity contribution is 0.416. The number of para-hydroxylation sites is 1. The lowest BCUT2D eigenvalue weighted by atomic mass is 10.1. The summed E-state index contributed by atoms with van der Waals surface area (Å²) in [6.45, 7) is 0. The van der Waals surface area contributed by atoms with Gasteiger partial charge in [0, 0.05) is 23.4 Å². The molecule has 2 aromatic carbocycles. The maximum atomic E-state index is 12.4. The fraction of sp³-hybridized carbons (Fsp3) is 0.304. The first kappa shape index (κ1) is 21.3. The molecule has 0 spiro atoms. The molecule has 2 N–H and O–H groups in total. The maximum Gasteiger partial charge on any atom is 0.216 e. The van der Waals surface area contributed by atoms with E-state index in [-0.39, 0.29) is 11.8 Å². The zero-order valence-corrected chi connectivity index (χ0v) is 18.2. The van der Waals surface area contributed by atoms with Crippen LogP contribution in [-0.2, 0) is 15.8 Å². The standard InChI is InChI=1S/C23H26N4O3S/c1-30-22-9-5-4-8-20(22)21-14-23(25-16-24-21)26-18-12-10-17(11-13-18)15-31(28,29)27-19-6-2-3-7-19/h4-5,8-14,16,19,27H,2-3,6-7,15H2,1H3,(H,24,25,26). The molecule has 1 heterocycles. The predicted octanol–water partition coefficient (Wildman–Crippen LogP) is 4.26. The van der Waals surface area contributed by atoms with Gasteiger partial charge in [0.2, 0.25) is 10.0 Å². The van der Waals surface area contributed by atoms with E-state index in [0.717, 1.165) is 53.9 Å². The van der Waals surface area contributed by atoms with Crippen LogP contribution in [0.5, 0.6) is 5.75 Å². The Bertz CT molecular complexity index is 1130. The van der Waals surface area contributed by atoms with Crippen LogP contribution < -0.4 is 14.8 Å². The Labute approximate surface area is 183 Å². The topological polar surface area (TPSA) is 93.2 Å². The first-order valence-electron chi connectivity index (χ1n) is 10.3. The molecular formula is C23H26N4O3S. The molecule has 0 aliphatic heterocycles. The van der Waals surface area contributed by atoms with Gasteiger partial charge in [-0.1, -0.05) is 37.1 Å². The molecule has 0 saturated heterocycles. The molecule has 31 heavy (non-hydrogen) atoms. The number of hydrogen-bond acceptors (Lipinski definition) is 6. The van der Waals surface area contributed by atoms with Gasteiger partial charge in [-0.15, -0.1) is 0 Å². The number of benzene rings is 2. The molecule has 162 valence electrons. The Morgan fingerprint density at radius 1 is 1.03 bits per heavy atom. The molecule has 3 aromatic rings. The molecule has 1 aliphatic rings. The first-order chi connectivity index (χ1) is 15.0. The molecule has 0 radical (unpaired) electrons. The number of rotatable bonds is 8. The van der Waals surface area contributed by atoms with Crippen molar-refractivity contribution in [3.05, 3.63) is 66.5 Å². The summed E-state index contributed by atoms with van der Waals surface area (Å²) in [6, 6.07) is 16.9. The van der Waals surface area contributed by atoms with Crippen LogP contribution in [0.1, 0.15) is 31.2 Å². The first-order valence-corrected chi connectivity index (χ1v) is 12.0. The number of nitrogens with zero attached hydrogens (tertiary/aromatic N) is 2. The minimum Gasteiger partial charge on any atom is -0.496 e. The number of ether oxygens (including phenoxy) is 1. The molecule has 1 fully saturated rings. The Morgan fingerprint density at radius 3 is 2.52 bits per heavy atom. The highest BCUT2D eigenvalue weighted by Crippen LogP contribution is 2.29. The van der Waals surface area contributed by atoms with Gasteiger partial charge in [0.05, 0.1) is 18.6 Å². The van der Waals surface area contributed by atoms with Gasteiger partial charge in [0.25, 0.3) is 0 Å². The molecule has 1 aromatic heterocycles. The van der Waals surface area contributed by atoms with Crippen LogP contribution in [0, 0.1) is 0 Å². The van der Waals surface area contributed by atoms with Crippen molar-refractivity contribution in [1.29, 1.82) is 0 Å². The second-order valence-electron chi connectivity index (χ2n) is 7.67. The van der Waals surface area contributed by atoms with Crippen molar-refractivity contribution in [2.45, 2.75) is 37.5 Å². The zero-order chi connectivity index (χ0) is 21.7. The minimum atomic E-state index is -3.34. The van der Waals surface area contributed by atoms with Gasteiger partial charge in [-0.3, -0.25) is 0 Å². The molecule has 4 rings (SSSR count). The van der Waals surface area contributed by atoms with Crippen LogP contribution in [0.4, 0.5) is 11.5 Å². The van der Waals surface area contributed by atoms with Crippen molar-refractivity contribution in [2.24, 2.45) is 0 Å². The molecule has 0 unspecified atom stereocenters. The van der Waals surface area contributed by atoms with Crippen molar-refractivity contribution in [3.8, 4) is 17.0 Å². The van der Waals surface area contributed by atoms with Crippen LogP contribution in [-0.4, -0.2) is 31.5 Å². The van der Waals surface area contributed by atoms with Crippen molar-refractivity contribution in [1.82, 2.24) is 14.7 Å². The number of nitrogens with one attached hydrogen (secondary N) is 2. The summed E-state index contributed by atoms with van der Waals surface area (Å²) >= 11 is 0. The molecule has 0 bridgehead atoms. The fourth-order valence-electron chi connectivity index (χ4n) is 3.82. The largest absolute Gasteiger partial charge is 0.496 e. The predicted molar refractivity (Wildman–Crippen MR) is 122 cm³/mol. The van der Waals surface area contributed by atoms with Gasteiger partial charge < -0.3 is 10.1 Å². The summed E-state index contributed by atoms with van der Waals surface area (Å²) in [5, 5.41) is 3.24. The lowest BCUT2D eigenvalue weighted by Crippen LogP contribution is -2.33. The van der Waals surface area contributed by atoms with Crippen molar-refractivity contribution >= 4 is 21.5 Å².